The van der Waals surface area contributed by atoms with Crippen LogP contribution in [0.25, 0.3) is 22.6 Å². The first kappa shape index (κ1) is 20.7. The minimum atomic E-state index is -0.469. The van der Waals surface area contributed by atoms with Crippen LogP contribution in [0, 0.1) is 5.82 Å². The maximum atomic E-state index is 15.0. The summed E-state index contributed by atoms with van der Waals surface area (Å²) < 4.78 is 22.7. The standard InChI is InChI=1S/C24H21FN6O2/c25-19-14-21-18(13-17(19)16-7-9-26-10-8-16)24(32)29-22-6-4-5-20(28-22)23-30-27-15-31(23)11-2-1-3-12-33-21/h4-10,13-15H,1-3,11-12H2,(H,28,29,32). The summed E-state index contributed by atoms with van der Waals surface area (Å²) in [5.41, 5.74) is 1.75. The molecule has 0 saturated heterocycles. The Bertz CT molecular complexity index is 1290. The molecule has 166 valence electrons. The van der Waals surface area contributed by atoms with Gasteiger partial charge in [-0.05, 0) is 55.2 Å². The number of anilines is 1. The van der Waals surface area contributed by atoms with Gasteiger partial charge in [-0.3, -0.25) is 9.78 Å². The number of amides is 1. The van der Waals surface area contributed by atoms with E-state index in [1.165, 1.54) is 12.1 Å². The topological polar surface area (TPSA) is 94.8 Å². The highest BCUT2D eigenvalue weighted by atomic mass is 19.1. The van der Waals surface area contributed by atoms with Crippen molar-refractivity contribution in [1.29, 1.82) is 0 Å². The second-order valence-corrected chi connectivity index (χ2v) is 7.68. The van der Waals surface area contributed by atoms with E-state index in [9.17, 15) is 9.18 Å². The summed E-state index contributed by atoms with van der Waals surface area (Å²) in [5, 5.41) is 11.0. The minimum Gasteiger partial charge on any atom is -0.493 e. The van der Waals surface area contributed by atoms with Gasteiger partial charge in [-0.25, -0.2) is 9.37 Å². The van der Waals surface area contributed by atoms with E-state index >= 15 is 0 Å². The number of benzene rings is 1. The van der Waals surface area contributed by atoms with E-state index in [0.717, 1.165) is 25.8 Å². The fourth-order valence-corrected chi connectivity index (χ4v) is 3.78. The van der Waals surface area contributed by atoms with E-state index in [4.69, 9.17) is 4.74 Å². The lowest BCUT2D eigenvalue weighted by Gasteiger charge is -2.14. The summed E-state index contributed by atoms with van der Waals surface area (Å²) in [6.07, 6.45) is 7.38. The number of fused-ring (bicyclic) bond motifs is 5. The van der Waals surface area contributed by atoms with Crippen LogP contribution in [-0.2, 0) is 6.54 Å². The summed E-state index contributed by atoms with van der Waals surface area (Å²) in [7, 11) is 0. The van der Waals surface area contributed by atoms with Gasteiger partial charge >= 0.3 is 0 Å². The number of aryl methyl sites for hydroxylation is 1. The molecule has 0 radical (unpaired) electrons. The van der Waals surface area contributed by atoms with Crippen LogP contribution < -0.4 is 10.1 Å². The van der Waals surface area contributed by atoms with Crippen molar-refractivity contribution >= 4 is 11.7 Å². The summed E-state index contributed by atoms with van der Waals surface area (Å²) in [5.74, 6) is 0.276. The van der Waals surface area contributed by atoms with Crippen LogP contribution in [0.1, 0.15) is 29.6 Å². The van der Waals surface area contributed by atoms with Crippen molar-refractivity contribution in [1.82, 2.24) is 24.7 Å². The largest absolute Gasteiger partial charge is 0.493 e. The summed E-state index contributed by atoms with van der Waals surface area (Å²) >= 11 is 0. The Balaban J connectivity index is 1.56. The first-order valence-corrected chi connectivity index (χ1v) is 10.7. The Morgan fingerprint density at radius 3 is 2.79 bits per heavy atom. The highest BCUT2D eigenvalue weighted by Crippen LogP contribution is 2.31. The maximum absolute atomic E-state index is 15.0. The lowest BCUT2D eigenvalue weighted by Crippen LogP contribution is -2.15. The number of rotatable bonds is 1. The van der Waals surface area contributed by atoms with E-state index in [2.05, 4.69) is 25.5 Å². The molecule has 2 bridgehead atoms. The van der Waals surface area contributed by atoms with Gasteiger partial charge in [0.1, 0.15) is 29.4 Å². The number of carbonyl (C=O) groups is 1. The lowest BCUT2D eigenvalue weighted by atomic mass is 10.0. The van der Waals surface area contributed by atoms with Crippen molar-refractivity contribution in [3.8, 4) is 28.4 Å². The fourth-order valence-electron chi connectivity index (χ4n) is 3.78. The second-order valence-electron chi connectivity index (χ2n) is 7.68. The van der Waals surface area contributed by atoms with E-state index in [-0.39, 0.29) is 11.3 Å². The van der Waals surface area contributed by atoms with Crippen LogP contribution in [0.2, 0.25) is 0 Å². The molecule has 0 unspecified atom stereocenters. The highest BCUT2D eigenvalue weighted by molar-refractivity contribution is 6.06. The highest BCUT2D eigenvalue weighted by Gasteiger charge is 2.20. The van der Waals surface area contributed by atoms with Gasteiger partial charge in [0, 0.05) is 30.6 Å². The average molecular weight is 444 g/mol. The third kappa shape index (κ3) is 4.43. The molecule has 9 heteroatoms. The Labute approximate surface area is 189 Å². The molecule has 4 heterocycles. The van der Waals surface area contributed by atoms with Crippen molar-refractivity contribution in [2.75, 3.05) is 11.9 Å². The third-order valence-corrected chi connectivity index (χ3v) is 5.44. The van der Waals surface area contributed by atoms with Crippen molar-refractivity contribution in [2.24, 2.45) is 0 Å². The number of hydrogen-bond acceptors (Lipinski definition) is 6. The molecule has 1 amide bonds. The number of carbonyl (C=O) groups excluding carboxylic acids is 1. The van der Waals surface area contributed by atoms with Crippen LogP contribution in [0.4, 0.5) is 10.2 Å². The molecule has 4 aromatic rings. The summed E-state index contributed by atoms with van der Waals surface area (Å²) in [4.78, 5) is 21.8. The third-order valence-electron chi connectivity index (χ3n) is 5.44. The number of nitrogens with one attached hydrogen (secondary N) is 1. The molecule has 1 aromatic carbocycles. The minimum absolute atomic E-state index is 0.200. The van der Waals surface area contributed by atoms with Crippen molar-refractivity contribution in [3.05, 3.63) is 72.6 Å². The van der Waals surface area contributed by atoms with Gasteiger partial charge in [-0.2, -0.15) is 0 Å². The molecule has 0 aliphatic carbocycles. The van der Waals surface area contributed by atoms with Crippen molar-refractivity contribution in [3.63, 3.8) is 0 Å². The Morgan fingerprint density at radius 2 is 1.91 bits per heavy atom. The van der Waals surface area contributed by atoms with Crippen molar-refractivity contribution in [2.45, 2.75) is 25.8 Å². The zero-order chi connectivity index (χ0) is 22.6. The Morgan fingerprint density at radius 1 is 1.03 bits per heavy atom. The number of hydrogen-bond donors (Lipinski definition) is 1. The predicted octanol–water partition coefficient (Wildman–Crippen LogP) is 4.36. The number of halogens is 1. The normalized spacial score (nSPS) is 14.2. The Kier molecular flexibility index (Phi) is 5.75. The molecular weight excluding hydrogens is 423 g/mol. The molecule has 0 spiro atoms. The molecule has 1 N–H and O–H groups in total. The molecule has 33 heavy (non-hydrogen) atoms. The number of aromatic nitrogens is 5. The number of nitrogens with zero attached hydrogens (tertiary/aromatic N) is 5. The second kappa shape index (κ2) is 9.15. The Hall–Kier alpha value is -4.14. The predicted molar refractivity (Wildman–Crippen MR) is 120 cm³/mol. The first-order chi connectivity index (χ1) is 16.2. The van der Waals surface area contributed by atoms with Crippen LogP contribution in [0.15, 0.2) is 61.2 Å². The van der Waals surface area contributed by atoms with Gasteiger partial charge in [0.05, 0.1) is 12.2 Å². The zero-order valence-electron chi connectivity index (χ0n) is 17.7. The van der Waals surface area contributed by atoms with E-state index in [1.807, 2.05) is 10.6 Å². The van der Waals surface area contributed by atoms with Gasteiger partial charge in [-0.15, -0.1) is 10.2 Å². The molecule has 1 aliphatic heterocycles. The quantitative estimate of drug-likeness (QED) is 0.469. The van der Waals surface area contributed by atoms with Crippen LogP contribution in [0.5, 0.6) is 5.75 Å². The van der Waals surface area contributed by atoms with Gasteiger partial charge < -0.3 is 14.6 Å². The van der Waals surface area contributed by atoms with Crippen LogP contribution in [-0.4, -0.2) is 37.2 Å². The van der Waals surface area contributed by atoms with Gasteiger partial charge in [-0.1, -0.05) is 6.07 Å². The smallest absolute Gasteiger partial charge is 0.260 e. The van der Waals surface area contributed by atoms with Gasteiger partial charge in [0.15, 0.2) is 5.82 Å². The van der Waals surface area contributed by atoms with Gasteiger partial charge in [0.25, 0.3) is 5.91 Å². The average Bonchev–Trinajstić information content (AvgIpc) is 3.30. The number of ether oxygens (including phenoxy) is 1. The SMILES string of the molecule is O=C1Nc2cccc(n2)-c2nncn2CCCCCOc2cc(F)c(-c3ccncc3)cc21. The molecule has 0 saturated carbocycles. The molecule has 0 atom stereocenters. The van der Waals surface area contributed by atoms with E-state index < -0.39 is 11.7 Å². The zero-order valence-corrected chi connectivity index (χ0v) is 17.7. The van der Waals surface area contributed by atoms with Crippen LogP contribution in [0.3, 0.4) is 0 Å². The van der Waals surface area contributed by atoms with E-state index in [1.54, 1.807) is 43.0 Å². The number of pyridine rings is 2. The molecule has 0 fully saturated rings. The lowest BCUT2D eigenvalue weighted by molar-refractivity contribution is 0.102. The van der Waals surface area contributed by atoms with E-state index in [0.29, 0.717) is 35.1 Å². The summed E-state index contributed by atoms with van der Waals surface area (Å²) in [6.45, 7) is 1.11. The first-order valence-electron chi connectivity index (χ1n) is 10.7. The van der Waals surface area contributed by atoms with Crippen molar-refractivity contribution < 1.29 is 13.9 Å². The van der Waals surface area contributed by atoms with Gasteiger partial charge in [0.2, 0.25) is 0 Å². The molecule has 1 aliphatic rings. The maximum Gasteiger partial charge on any atom is 0.260 e. The molecular formula is C24H21FN6O2. The summed E-state index contributed by atoms with van der Waals surface area (Å²) in [6, 6.07) is 11.5. The molecule has 3 aromatic heterocycles. The monoisotopic (exact) mass is 444 g/mol. The molecule has 5 rings (SSSR count). The van der Waals surface area contributed by atoms with Crippen LogP contribution >= 0.6 is 0 Å². The molecule has 8 nitrogen and oxygen atoms in total. The fraction of sp³-hybridized carbons (Fsp3) is 0.208.